The Morgan fingerprint density at radius 1 is 1.30 bits per heavy atom. The molecule has 120 valence electrons. The number of hydrogen-bond donors (Lipinski definition) is 1. The highest BCUT2D eigenvalue weighted by Gasteiger charge is 2.04. The number of pyridine rings is 1. The van der Waals surface area contributed by atoms with E-state index in [1.807, 2.05) is 30.3 Å². The maximum atomic E-state index is 13.6. The van der Waals surface area contributed by atoms with Crippen LogP contribution in [-0.4, -0.2) is 17.6 Å². The SMILES string of the molecule is O=C(NCCC=Cc1ccnc(Cl)c1F)OCc1ccccc1. The number of hydrogen-bond acceptors (Lipinski definition) is 3. The van der Waals surface area contributed by atoms with E-state index in [9.17, 15) is 9.18 Å². The van der Waals surface area contributed by atoms with E-state index in [2.05, 4.69) is 10.3 Å². The summed E-state index contributed by atoms with van der Waals surface area (Å²) in [6.07, 6.45) is 4.83. The van der Waals surface area contributed by atoms with Gasteiger partial charge in [-0.25, -0.2) is 14.2 Å². The van der Waals surface area contributed by atoms with Gasteiger partial charge in [0.05, 0.1) is 0 Å². The fraction of sp³-hybridized carbons (Fsp3) is 0.176. The molecule has 0 saturated carbocycles. The number of nitrogens with one attached hydrogen (secondary N) is 1. The van der Waals surface area contributed by atoms with E-state index in [1.165, 1.54) is 12.3 Å². The third kappa shape index (κ3) is 5.71. The van der Waals surface area contributed by atoms with Crippen molar-refractivity contribution in [1.82, 2.24) is 10.3 Å². The van der Waals surface area contributed by atoms with E-state index in [-0.39, 0.29) is 11.8 Å². The molecule has 0 spiro atoms. The molecule has 0 bridgehead atoms. The summed E-state index contributed by atoms with van der Waals surface area (Å²) >= 11 is 5.59. The molecule has 0 aliphatic rings. The molecule has 0 atom stereocenters. The summed E-state index contributed by atoms with van der Waals surface area (Å²) < 4.78 is 18.6. The molecule has 2 rings (SSSR count). The lowest BCUT2D eigenvalue weighted by atomic mass is 10.2. The average molecular weight is 335 g/mol. The number of aromatic nitrogens is 1. The summed E-state index contributed by atoms with van der Waals surface area (Å²) in [5.41, 5.74) is 1.28. The zero-order valence-electron chi connectivity index (χ0n) is 12.3. The maximum absolute atomic E-state index is 13.6. The minimum atomic E-state index is -0.555. The molecule has 2 aromatic rings. The predicted octanol–water partition coefficient (Wildman–Crippen LogP) is 4.20. The van der Waals surface area contributed by atoms with Crippen molar-refractivity contribution in [1.29, 1.82) is 0 Å². The zero-order valence-corrected chi connectivity index (χ0v) is 13.1. The number of carbonyl (C=O) groups excluding carboxylic acids is 1. The van der Waals surface area contributed by atoms with Crippen LogP contribution in [0.4, 0.5) is 9.18 Å². The van der Waals surface area contributed by atoms with Gasteiger partial charge in [-0.1, -0.05) is 54.1 Å². The van der Waals surface area contributed by atoms with Gasteiger partial charge in [-0.05, 0) is 18.1 Å². The minimum Gasteiger partial charge on any atom is -0.445 e. The van der Waals surface area contributed by atoms with Crippen molar-refractivity contribution in [3.8, 4) is 0 Å². The van der Waals surface area contributed by atoms with Gasteiger partial charge in [-0.3, -0.25) is 0 Å². The Labute approximate surface area is 139 Å². The molecule has 0 aliphatic heterocycles. The van der Waals surface area contributed by atoms with Gasteiger partial charge in [0.1, 0.15) is 6.61 Å². The van der Waals surface area contributed by atoms with Crippen LogP contribution in [0.5, 0.6) is 0 Å². The third-order valence-corrected chi connectivity index (χ3v) is 3.23. The molecule has 0 unspecified atom stereocenters. The summed E-state index contributed by atoms with van der Waals surface area (Å²) in [5, 5.41) is 2.46. The van der Waals surface area contributed by atoms with E-state index in [4.69, 9.17) is 16.3 Å². The van der Waals surface area contributed by atoms with Gasteiger partial charge < -0.3 is 10.1 Å². The monoisotopic (exact) mass is 334 g/mol. The Morgan fingerprint density at radius 2 is 2.09 bits per heavy atom. The Balaban J connectivity index is 1.67. The second-order valence-electron chi connectivity index (χ2n) is 4.68. The lowest BCUT2D eigenvalue weighted by molar-refractivity contribution is 0.140. The van der Waals surface area contributed by atoms with Crippen molar-refractivity contribution < 1.29 is 13.9 Å². The number of nitrogens with zero attached hydrogens (tertiary/aromatic N) is 1. The second kappa shape index (κ2) is 8.90. The van der Waals surface area contributed by atoms with Crippen molar-refractivity contribution >= 4 is 23.8 Å². The first-order valence-corrected chi connectivity index (χ1v) is 7.45. The van der Waals surface area contributed by atoms with Gasteiger partial charge in [0, 0.05) is 18.3 Å². The van der Waals surface area contributed by atoms with Crippen LogP contribution in [0.1, 0.15) is 17.5 Å². The van der Waals surface area contributed by atoms with Crippen LogP contribution < -0.4 is 5.32 Å². The first-order valence-electron chi connectivity index (χ1n) is 7.08. The number of benzene rings is 1. The number of alkyl carbamates (subject to hydrolysis) is 1. The van der Waals surface area contributed by atoms with Crippen LogP contribution in [0, 0.1) is 5.82 Å². The minimum absolute atomic E-state index is 0.158. The van der Waals surface area contributed by atoms with Gasteiger partial charge in [0.2, 0.25) is 0 Å². The fourth-order valence-corrected chi connectivity index (χ4v) is 1.97. The van der Waals surface area contributed by atoms with Crippen LogP contribution in [0.2, 0.25) is 5.15 Å². The fourth-order valence-electron chi connectivity index (χ4n) is 1.80. The smallest absolute Gasteiger partial charge is 0.407 e. The molecule has 23 heavy (non-hydrogen) atoms. The molecule has 4 nitrogen and oxygen atoms in total. The van der Waals surface area contributed by atoms with Crippen molar-refractivity contribution in [2.24, 2.45) is 0 Å². The molecule has 1 aromatic carbocycles. The summed E-state index contributed by atoms with van der Waals surface area (Å²) in [6.45, 7) is 0.619. The van der Waals surface area contributed by atoms with Crippen LogP contribution >= 0.6 is 11.6 Å². The normalized spacial score (nSPS) is 10.7. The molecule has 0 aliphatic carbocycles. The topological polar surface area (TPSA) is 51.2 Å². The van der Waals surface area contributed by atoms with Crippen LogP contribution in [0.15, 0.2) is 48.7 Å². The zero-order chi connectivity index (χ0) is 16.5. The number of carbonyl (C=O) groups is 1. The Kier molecular flexibility index (Phi) is 6.56. The van der Waals surface area contributed by atoms with E-state index in [0.717, 1.165) is 5.56 Å². The maximum Gasteiger partial charge on any atom is 0.407 e. The van der Waals surface area contributed by atoms with Gasteiger partial charge in [-0.2, -0.15) is 0 Å². The summed E-state index contributed by atoms with van der Waals surface area (Å²) in [6, 6.07) is 10.9. The summed E-state index contributed by atoms with van der Waals surface area (Å²) in [4.78, 5) is 15.1. The molecule has 1 N–H and O–H groups in total. The second-order valence-corrected chi connectivity index (χ2v) is 5.04. The molecule has 0 fully saturated rings. The molecular formula is C17H16ClFN2O2. The lowest BCUT2D eigenvalue weighted by Gasteiger charge is -2.05. The first-order chi connectivity index (χ1) is 11.2. The molecule has 6 heteroatoms. The molecule has 0 saturated heterocycles. The van der Waals surface area contributed by atoms with Gasteiger partial charge in [-0.15, -0.1) is 0 Å². The van der Waals surface area contributed by atoms with Crippen molar-refractivity contribution in [3.63, 3.8) is 0 Å². The molecule has 0 radical (unpaired) electrons. The highest BCUT2D eigenvalue weighted by Crippen LogP contribution is 2.16. The molecule has 1 amide bonds. The van der Waals surface area contributed by atoms with Crippen LogP contribution in [0.3, 0.4) is 0 Å². The van der Waals surface area contributed by atoms with E-state index >= 15 is 0 Å². The molecule has 1 aromatic heterocycles. The summed E-state index contributed by atoms with van der Waals surface area (Å²) in [5.74, 6) is -0.555. The lowest BCUT2D eigenvalue weighted by Crippen LogP contribution is -2.24. The number of amides is 1. The van der Waals surface area contributed by atoms with Crippen molar-refractivity contribution in [3.05, 3.63) is 70.8 Å². The standard InChI is InChI=1S/C17H16ClFN2O2/c18-16-15(19)14(9-11-20-16)8-4-5-10-21-17(22)23-12-13-6-2-1-3-7-13/h1-4,6-9,11H,5,10,12H2,(H,21,22). The van der Waals surface area contributed by atoms with Crippen molar-refractivity contribution in [2.75, 3.05) is 6.54 Å². The quantitative estimate of drug-likeness (QED) is 0.636. The predicted molar refractivity (Wildman–Crippen MR) is 87.5 cm³/mol. The highest BCUT2D eigenvalue weighted by molar-refractivity contribution is 6.29. The van der Waals surface area contributed by atoms with E-state index < -0.39 is 11.9 Å². The average Bonchev–Trinajstić information content (AvgIpc) is 2.57. The van der Waals surface area contributed by atoms with Crippen LogP contribution in [-0.2, 0) is 11.3 Å². The van der Waals surface area contributed by atoms with Gasteiger partial charge in [0.25, 0.3) is 0 Å². The van der Waals surface area contributed by atoms with Crippen LogP contribution in [0.25, 0.3) is 6.08 Å². The Bertz CT molecular complexity index is 678. The Morgan fingerprint density at radius 3 is 2.87 bits per heavy atom. The largest absolute Gasteiger partial charge is 0.445 e. The molecule has 1 heterocycles. The van der Waals surface area contributed by atoms with Gasteiger partial charge >= 0.3 is 6.09 Å². The van der Waals surface area contributed by atoms with Crippen molar-refractivity contribution in [2.45, 2.75) is 13.0 Å². The third-order valence-electron chi connectivity index (χ3n) is 2.97. The van der Waals surface area contributed by atoms with E-state index in [1.54, 1.807) is 12.2 Å². The number of ether oxygens (including phenoxy) is 1. The highest BCUT2D eigenvalue weighted by atomic mass is 35.5. The number of halogens is 2. The first kappa shape index (κ1) is 17.0. The van der Waals surface area contributed by atoms with E-state index in [0.29, 0.717) is 18.5 Å². The summed E-state index contributed by atoms with van der Waals surface area (Å²) in [7, 11) is 0. The molecular weight excluding hydrogens is 319 g/mol. The number of rotatable bonds is 6. The Hall–Kier alpha value is -2.40. The van der Waals surface area contributed by atoms with Gasteiger partial charge in [0.15, 0.2) is 11.0 Å².